The van der Waals surface area contributed by atoms with E-state index < -0.39 is 0 Å². The first-order chi connectivity index (χ1) is 8.72. The molecule has 4 nitrogen and oxygen atoms in total. The summed E-state index contributed by atoms with van der Waals surface area (Å²) in [5, 5.41) is 2.82. The molecule has 0 bridgehead atoms. The second-order valence-corrected chi connectivity index (χ2v) is 4.91. The molecule has 4 heteroatoms. The first-order valence-electron chi connectivity index (χ1n) is 6.30. The van der Waals surface area contributed by atoms with Gasteiger partial charge in [0.15, 0.2) is 6.61 Å². The van der Waals surface area contributed by atoms with Gasteiger partial charge in [-0.15, -0.1) is 0 Å². The third kappa shape index (κ3) is 2.10. The molecule has 1 saturated carbocycles. The Bertz CT molecular complexity index is 500. The second-order valence-electron chi connectivity index (χ2n) is 4.91. The van der Waals surface area contributed by atoms with Crippen LogP contribution in [-0.2, 0) is 9.59 Å². The van der Waals surface area contributed by atoms with Gasteiger partial charge in [-0.1, -0.05) is 6.07 Å². The Balaban J connectivity index is 1.83. The van der Waals surface area contributed by atoms with Crippen LogP contribution in [0.5, 0.6) is 5.75 Å². The largest absolute Gasteiger partial charge is 0.482 e. The lowest BCUT2D eigenvalue weighted by Gasteiger charge is -2.24. The number of carbonyl (C=O) groups is 2. The van der Waals surface area contributed by atoms with E-state index in [-0.39, 0.29) is 12.5 Å². The van der Waals surface area contributed by atoms with Gasteiger partial charge in [-0.25, -0.2) is 0 Å². The number of ether oxygens (including phenoxy) is 1. The molecule has 0 spiro atoms. The van der Waals surface area contributed by atoms with Crippen molar-refractivity contribution >= 4 is 17.4 Å². The zero-order chi connectivity index (χ0) is 12.5. The summed E-state index contributed by atoms with van der Waals surface area (Å²) >= 11 is 0. The van der Waals surface area contributed by atoms with Gasteiger partial charge in [-0.3, -0.25) is 9.59 Å². The first-order valence-corrected chi connectivity index (χ1v) is 6.30. The van der Waals surface area contributed by atoms with Crippen LogP contribution in [0.1, 0.15) is 37.2 Å². The molecule has 1 amide bonds. The van der Waals surface area contributed by atoms with Gasteiger partial charge in [0.2, 0.25) is 0 Å². The highest BCUT2D eigenvalue weighted by Crippen LogP contribution is 2.36. The lowest BCUT2D eigenvalue weighted by atomic mass is 9.83. The molecule has 0 radical (unpaired) electrons. The first kappa shape index (κ1) is 11.3. The van der Waals surface area contributed by atoms with Gasteiger partial charge in [-0.2, -0.15) is 0 Å². The summed E-state index contributed by atoms with van der Waals surface area (Å²) in [6.45, 7) is 0.0876. The topological polar surface area (TPSA) is 55.4 Å². The van der Waals surface area contributed by atoms with E-state index in [0.29, 0.717) is 24.5 Å². The zero-order valence-electron chi connectivity index (χ0n) is 10.1. The molecule has 1 aromatic rings. The van der Waals surface area contributed by atoms with Crippen LogP contribution >= 0.6 is 0 Å². The maximum absolute atomic E-state index is 11.3. The average molecular weight is 245 g/mol. The van der Waals surface area contributed by atoms with E-state index >= 15 is 0 Å². The molecule has 1 heterocycles. The molecular formula is C14H15NO3. The third-order valence-electron chi connectivity index (χ3n) is 3.65. The van der Waals surface area contributed by atoms with Crippen molar-refractivity contribution in [3.05, 3.63) is 23.8 Å². The van der Waals surface area contributed by atoms with E-state index in [1.54, 1.807) is 0 Å². The molecule has 1 aliphatic carbocycles. The SMILES string of the molecule is O=C1CCC(c2ccc3c(c2)NC(=O)CO3)CC1. The number of hydrogen-bond acceptors (Lipinski definition) is 3. The minimum absolute atomic E-state index is 0.0876. The summed E-state index contributed by atoms with van der Waals surface area (Å²) in [7, 11) is 0. The Kier molecular flexibility index (Phi) is 2.78. The number of nitrogens with one attached hydrogen (secondary N) is 1. The van der Waals surface area contributed by atoms with Crippen molar-refractivity contribution in [2.24, 2.45) is 0 Å². The smallest absolute Gasteiger partial charge is 0.262 e. The summed E-state index contributed by atoms with van der Waals surface area (Å²) in [6, 6.07) is 5.92. The predicted octanol–water partition coefficient (Wildman–Crippen LogP) is 2.24. The van der Waals surface area contributed by atoms with Crippen molar-refractivity contribution < 1.29 is 14.3 Å². The third-order valence-corrected chi connectivity index (χ3v) is 3.65. The number of benzene rings is 1. The van der Waals surface area contributed by atoms with Crippen molar-refractivity contribution in [2.75, 3.05) is 11.9 Å². The van der Waals surface area contributed by atoms with Crippen LogP contribution in [0.15, 0.2) is 18.2 Å². The highest BCUT2D eigenvalue weighted by molar-refractivity contribution is 5.95. The van der Waals surface area contributed by atoms with E-state index in [0.717, 1.165) is 24.3 Å². The zero-order valence-corrected chi connectivity index (χ0v) is 10.1. The number of hydrogen-bond donors (Lipinski definition) is 1. The summed E-state index contributed by atoms with van der Waals surface area (Å²) in [5.74, 6) is 1.40. The number of fused-ring (bicyclic) bond motifs is 1. The molecule has 0 aromatic heterocycles. The van der Waals surface area contributed by atoms with Crippen molar-refractivity contribution in [2.45, 2.75) is 31.6 Å². The summed E-state index contributed by atoms with van der Waals surface area (Å²) in [5.41, 5.74) is 1.94. The fourth-order valence-corrected chi connectivity index (χ4v) is 2.63. The monoisotopic (exact) mass is 245 g/mol. The molecular weight excluding hydrogens is 230 g/mol. The van der Waals surface area contributed by atoms with Gasteiger partial charge < -0.3 is 10.1 Å². The second kappa shape index (κ2) is 4.44. The normalized spacial score (nSPS) is 20.0. The highest BCUT2D eigenvalue weighted by Gasteiger charge is 2.22. The van der Waals surface area contributed by atoms with Crippen LogP contribution in [0.2, 0.25) is 0 Å². The number of rotatable bonds is 1. The number of amides is 1. The van der Waals surface area contributed by atoms with Crippen LogP contribution < -0.4 is 10.1 Å². The molecule has 1 aliphatic heterocycles. The summed E-state index contributed by atoms with van der Waals surface area (Å²) < 4.78 is 5.33. The Morgan fingerprint density at radius 3 is 2.72 bits per heavy atom. The minimum atomic E-state index is -0.113. The van der Waals surface area contributed by atoms with Crippen LogP contribution in [-0.4, -0.2) is 18.3 Å². The van der Waals surface area contributed by atoms with E-state index in [1.165, 1.54) is 5.56 Å². The Hall–Kier alpha value is -1.84. The summed E-state index contributed by atoms with van der Waals surface area (Å²) in [6.07, 6.45) is 3.16. The van der Waals surface area contributed by atoms with E-state index in [2.05, 4.69) is 5.32 Å². The molecule has 0 atom stereocenters. The van der Waals surface area contributed by atoms with Gasteiger partial charge in [0, 0.05) is 12.8 Å². The predicted molar refractivity (Wildman–Crippen MR) is 66.8 cm³/mol. The molecule has 1 fully saturated rings. The number of ketones is 1. The molecule has 94 valence electrons. The van der Waals surface area contributed by atoms with E-state index in [4.69, 9.17) is 4.74 Å². The maximum Gasteiger partial charge on any atom is 0.262 e. The van der Waals surface area contributed by atoms with Gasteiger partial charge in [0.1, 0.15) is 11.5 Å². The quantitative estimate of drug-likeness (QED) is 0.825. The molecule has 0 saturated heterocycles. The van der Waals surface area contributed by atoms with Crippen LogP contribution in [0.25, 0.3) is 0 Å². The minimum Gasteiger partial charge on any atom is -0.482 e. The van der Waals surface area contributed by atoms with Crippen molar-refractivity contribution in [3.8, 4) is 5.75 Å². The molecule has 2 aliphatic rings. The fraction of sp³-hybridized carbons (Fsp3) is 0.429. The maximum atomic E-state index is 11.3. The average Bonchev–Trinajstić information content (AvgIpc) is 2.38. The summed E-state index contributed by atoms with van der Waals surface area (Å²) in [4.78, 5) is 22.5. The number of Topliss-reactive ketones (excluding diaryl/α,β-unsaturated/α-hetero) is 1. The van der Waals surface area contributed by atoms with Crippen molar-refractivity contribution in [1.82, 2.24) is 0 Å². The Labute approximate surface area is 105 Å². The highest BCUT2D eigenvalue weighted by atomic mass is 16.5. The van der Waals surface area contributed by atoms with Crippen LogP contribution in [0.4, 0.5) is 5.69 Å². The van der Waals surface area contributed by atoms with Gasteiger partial charge >= 0.3 is 0 Å². The van der Waals surface area contributed by atoms with Gasteiger partial charge in [-0.05, 0) is 36.5 Å². The standard InChI is InChI=1S/C14H15NO3/c16-11-4-1-9(2-5-11)10-3-6-13-12(7-10)15-14(17)8-18-13/h3,6-7,9H,1-2,4-5,8H2,(H,15,17). The lowest BCUT2D eigenvalue weighted by molar-refractivity contribution is -0.120. The van der Waals surface area contributed by atoms with Crippen LogP contribution in [0.3, 0.4) is 0 Å². The molecule has 3 rings (SSSR count). The van der Waals surface area contributed by atoms with E-state index in [9.17, 15) is 9.59 Å². The molecule has 0 unspecified atom stereocenters. The van der Waals surface area contributed by atoms with Crippen molar-refractivity contribution in [3.63, 3.8) is 0 Å². The molecule has 18 heavy (non-hydrogen) atoms. The fourth-order valence-electron chi connectivity index (χ4n) is 2.63. The van der Waals surface area contributed by atoms with Crippen LogP contribution in [0, 0.1) is 0 Å². The number of carbonyl (C=O) groups excluding carboxylic acids is 2. The van der Waals surface area contributed by atoms with Gasteiger partial charge in [0.05, 0.1) is 5.69 Å². The Morgan fingerprint density at radius 2 is 1.94 bits per heavy atom. The lowest BCUT2D eigenvalue weighted by Crippen LogP contribution is -2.25. The van der Waals surface area contributed by atoms with Crippen molar-refractivity contribution in [1.29, 1.82) is 0 Å². The molecule has 1 aromatic carbocycles. The van der Waals surface area contributed by atoms with Gasteiger partial charge in [0.25, 0.3) is 5.91 Å². The van der Waals surface area contributed by atoms with E-state index in [1.807, 2.05) is 18.2 Å². The Morgan fingerprint density at radius 1 is 1.17 bits per heavy atom. The number of anilines is 1. The molecule has 1 N–H and O–H groups in total.